The topological polar surface area (TPSA) is 38.3 Å². The number of rotatable bonds is 5. The molecule has 0 aromatic heterocycles. The van der Waals surface area contributed by atoms with E-state index in [9.17, 15) is 4.79 Å². The average Bonchev–Trinajstić information content (AvgIpc) is 2.46. The van der Waals surface area contributed by atoms with Crippen LogP contribution in [0.5, 0.6) is 0 Å². The number of nitrogens with one attached hydrogen (secondary N) is 1. The van der Waals surface area contributed by atoms with Gasteiger partial charge in [0.25, 0.3) is 0 Å². The summed E-state index contributed by atoms with van der Waals surface area (Å²) >= 11 is 0. The number of ether oxygens (including phenoxy) is 1. The number of benzene rings is 1. The van der Waals surface area contributed by atoms with Gasteiger partial charge in [0.1, 0.15) is 6.61 Å². The molecule has 1 aromatic carbocycles. The summed E-state index contributed by atoms with van der Waals surface area (Å²) in [7, 11) is 0. The van der Waals surface area contributed by atoms with Crippen molar-refractivity contribution < 1.29 is 9.53 Å². The average molecular weight is 289 g/mol. The molecular formula is C18H27NO2. The number of carbonyl (C=O) groups is 1. The Hall–Kier alpha value is -1.19. The number of ketones is 1. The third-order valence-corrected chi connectivity index (χ3v) is 3.99. The molecule has 2 rings (SSSR count). The lowest BCUT2D eigenvalue weighted by atomic mass is 9.86. The Morgan fingerprint density at radius 1 is 1.19 bits per heavy atom. The zero-order valence-corrected chi connectivity index (χ0v) is 13.4. The molecule has 0 bridgehead atoms. The van der Waals surface area contributed by atoms with Gasteiger partial charge < -0.3 is 10.1 Å². The van der Waals surface area contributed by atoms with E-state index in [4.69, 9.17) is 4.74 Å². The zero-order chi connectivity index (χ0) is 15.3. The molecule has 1 aromatic rings. The fraction of sp³-hybridized carbons (Fsp3) is 0.611. The van der Waals surface area contributed by atoms with Gasteiger partial charge >= 0.3 is 0 Å². The maximum Gasteiger partial charge on any atom is 0.162 e. The fourth-order valence-corrected chi connectivity index (χ4v) is 2.57. The van der Waals surface area contributed by atoms with Gasteiger partial charge in [-0.2, -0.15) is 0 Å². The maximum atomic E-state index is 12.0. The quantitative estimate of drug-likeness (QED) is 0.906. The Morgan fingerprint density at radius 3 is 2.38 bits per heavy atom. The highest BCUT2D eigenvalue weighted by atomic mass is 16.5. The van der Waals surface area contributed by atoms with Crippen molar-refractivity contribution >= 4 is 5.78 Å². The van der Waals surface area contributed by atoms with Crippen molar-refractivity contribution in [1.82, 2.24) is 5.32 Å². The second-order valence-electron chi connectivity index (χ2n) is 6.92. The normalized spacial score (nSPS) is 16.9. The van der Waals surface area contributed by atoms with Gasteiger partial charge in [-0.25, -0.2) is 0 Å². The molecule has 0 spiro atoms. The van der Waals surface area contributed by atoms with Crippen LogP contribution in [0.4, 0.5) is 0 Å². The van der Waals surface area contributed by atoms with E-state index in [2.05, 4.69) is 50.4 Å². The molecular weight excluding hydrogens is 262 g/mol. The van der Waals surface area contributed by atoms with Gasteiger partial charge in [0.05, 0.1) is 6.10 Å². The van der Waals surface area contributed by atoms with Crippen LogP contribution in [0.25, 0.3) is 0 Å². The van der Waals surface area contributed by atoms with Crippen LogP contribution in [0.2, 0.25) is 0 Å². The van der Waals surface area contributed by atoms with E-state index in [-0.39, 0.29) is 23.9 Å². The SMILES string of the molecule is CC(C)(C)c1ccc(CC(=O)COC2CCNCC2)cc1. The minimum absolute atomic E-state index is 0.153. The highest BCUT2D eigenvalue weighted by Gasteiger charge is 2.16. The van der Waals surface area contributed by atoms with Crippen LogP contribution < -0.4 is 5.32 Å². The van der Waals surface area contributed by atoms with Crippen LogP contribution in [0.3, 0.4) is 0 Å². The monoisotopic (exact) mass is 289 g/mol. The van der Waals surface area contributed by atoms with Crippen LogP contribution >= 0.6 is 0 Å². The Bertz CT molecular complexity index is 453. The molecule has 1 aliphatic rings. The van der Waals surface area contributed by atoms with Crippen LogP contribution in [0.1, 0.15) is 44.7 Å². The van der Waals surface area contributed by atoms with E-state index in [1.165, 1.54) is 5.56 Å². The molecule has 0 unspecified atom stereocenters. The lowest BCUT2D eigenvalue weighted by Crippen LogP contribution is -2.33. The van der Waals surface area contributed by atoms with E-state index in [1.807, 2.05) is 0 Å². The minimum Gasteiger partial charge on any atom is -0.370 e. The predicted octanol–water partition coefficient (Wildman–Crippen LogP) is 2.86. The van der Waals surface area contributed by atoms with E-state index < -0.39 is 0 Å². The van der Waals surface area contributed by atoms with Gasteiger partial charge in [-0.3, -0.25) is 4.79 Å². The molecule has 0 radical (unpaired) electrons. The molecule has 1 fully saturated rings. The van der Waals surface area contributed by atoms with Gasteiger partial charge in [0.2, 0.25) is 0 Å². The Morgan fingerprint density at radius 2 is 1.81 bits per heavy atom. The first kappa shape index (κ1) is 16.2. The molecule has 1 heterocycles. The van der Waals surface area contributed by atoms with E-state index in [0.29, 0.717) is 6.42 Å². The van der Waals surface area contributed by atoms with Crippen molar-refractivity contribution in [2.45, 2.75) is 51.6 Å². The molecule has 0 saturated carbocycles. The van der Waals surface area contributed by atoms with Crippen LogP contribution in [0, 0.1) is 0 Å². The first-order chi connectivity index (χ1) is 9.95. The molecule has 116 valence electrons. The van der Waals surface area contributed by atoms with Crippen LogP contribution in [-0.2, 0) is 21.4 Å². The number of piperidine rings is 1. The van der Waals surface area contributed by atoms with Gasteiger partial charge in [-0.15, -0.1) is 0 Å². The largest absolute Gasteiger partial charge is 0.370 e. The van der Waals surface area contributed by atoms with Crippen molar-refractivity contribution in [3.05, 3.63) is 35.4 Å². The molecule has 0 aliphatic carbocycles. The van der Waals surface area contributed by atoms with Crippen molar-refractivity contribution in [2.24, 2.45) is 0 Å². The van der Waals surface area contributed by atoms with Gasteiger partial charge in [-0.05, 0) is 42.5 Å². The molecule has 1 N–H and O–H groups in total. The number of carbonyl (C=O) groups excluding carboxylic acids is 1. The summed E-state index contributed by atoms with van der Waals surface area (Å²) < 4.78 is 5.71. The fourth-order valence-electron chi connectivity index (χ4n) is 2.57. The molecule has 21 heavy (non-hydrogen) atoms. The predicted molar refractivity (Wildman–Crippen MR) is 85.7 cm³/mol. The van der Waals surface area contributed by atoms with Crippen molar-refractivity contribution in [3.8, 4) is 0 Å². The van der Waals surface area contributed by atoms with Crippen molar-refractivity contribution in [1.29, 1.82) is 0 Å². The summed E-state index contributed by atoms with van der Waals surface area (Å²) in [6.45, 7) is 8.81. The highest BCUT2D eigenvalue weighted by Crippen LogP contribution is 2.22. The summed E-state index contributed by atoms with van der Waals surface area (Å²) in [5.41, 5.74) is 2.52. The molecule has 3 heteroatoms. The third kappa shape index (κ3) is 5.25. The zero-order valence-electron chi connectivity index (χ0n) is 13.4. The lowest BCUT2D eigenvalue weighted by molar-refractivity contribution is -0.125. The van der Waals surface area contributed by atoms with Crippen LogP contribution in [-0.4, -0.2) is 31.6 Å². The summed E-state index contributed by atoms with van der Waals surface area (Å²) in [6.07, 6.45) is 2.73. The van der Waals surface area contributed by atoms with Crippen molar-refractivity contribution in [2.75, 3.05) is 19.7 Å². The highest BCUT2D eigenvalue weighted by molar-refractivity contribution is 5.82. The second kappa shape index (κ2) is 7.19. The molecule has 0 atom stereocenters. The molecule has 1 saturated heterocycles. The van der Waals surface area contributed by atoms with E-state index in [1.54, 1.807) is 0 Å². The molecule has 3 nitrogen and oxygen atoms in total. The second-order valence-corrected chi connectivity index (χ2v) is 6.92. The smallest absolute Gasteiger partial charge is 0.162 e. The molecule has 0 amide bonds. The third-order valence-electron chi connectivity index (χ3n) is 3.99. The molecule has 1 aliphatic heterocycles. The van der Waals surface area contributed by atoms with E-state index in [0.717, 1.165) is 31.5 Å². The Balaban J connectivity index is 1.79. The Labute approximate surface area is 128 Å². The van der Waals surface area contributed by atoms with Crippen molar-refractivity contribution in [3.63, 3.8) is 0 Å². The first-order valence-electron chi connectivity index (χ1n) is 7.88. The minimum atomic E-state index is 0.153. The summed E-state index contributed by atoms with van der Waals surface area (Å²) in [6, 6.07) is 8.36. The van der Waals surface area contributed by atoms with Gasteiger partial charge in [0.15, 0.2) is 5.78 Å². The van der Waals surface area contributed by atoms with Gasteiger partial charge in [-0.1, -0.05) is 45.0 Å². The van der Waals surface area contributed by atoms with Gasteiger partial charge in [0, 0.05) is 6.42 Å². The summed E-state index contributed by atoms with van der Waals surface area (Å²) in [5.74, 6) is 0.164. The number of hydrogen-bond donors (Lipinski definition) is 1. The van der Waals surface area contributed by atoms with Crippen LogP contribution in [0.15, 0.2) is 24.3 Å². The Kier molecular flexibility index (Phi) is 5.54. The summed E-state index contributed by atoms with van der Waals surface area (Å²) in [4.78, 5) is 12.0. The maximum absolute atomic E-state index is 12.0. The lowest BCUT2D eigenvalue weighted by Gasteiger charge is -2.22. The number of hydrogen-bond acceptors (Lipinski definition) is 3. The number of Topliss-reactive ketones (excluding diaryl/α,β-unsaturated/α-hetero) is 1. The van der Waals surface area contributed by atoms with E-state index >= 15 is 0 Å². The first-order valence-corrected chi connectivity index (χ1v) is 7.88. The summed E-state index contributed by atoms with van der Waals surface area (Å²) in [5, 5.41) is 3.29. The standard InChI is InChI=1S/C18H27NO2/c1-18(2,3)15-6-4-14(5-7-15)12-16(20)13-21-17-8-10-19-11-9-17/h4-7,17,19H,8-13H2,1-3H3.